The van der Waals surface area contributed by atoms with Crippen molar-refractivity contribution in [3.05, 3.63) is 59.4 Å². The van der Waals surface area contributed by atoms with Crippen molar-refractivity contribution >= 4 is 6.21 Å². The van der Waals surface area contributed by atoms with E-state index < -0.39 is 0 Å². The minimum Gasteiger partial charge on any atom is -0.497 e. The van der Waals surface area contributed by atoms with Gasteiger partial charge < -0.3 is 4.74 Å². The Morgan fingerprint density at radius 1 is 1.22 bits per heavy atom. The van der Waals surface area contributed by atoms with E-state index in [0.717, 1.165) is 22.4 Å². The van der Waals surface area contributed by atoms with Crippen LogP contribution in [0.15, 0.2) is 47.7 Å². The number of aliphatic imine (C=N–C) groups is 1. The highest BCUT2D eigenvalue weighted by molar-refractivity contribution is 5.79. The molecule has 0 radical (unpaired) electrons. The van der Waals surface area contributed by atoms with E-state index in [-0.39, 0.29) is 0 Å². The number of methoxy groups -OCH3 is 1. The summed E-state index contributed by atoms with van der Waals surface area (Å²) < 4.78 is 5.11. The Morgan fingerprint density at radius 2 is 2.00 bits per heavy atom. The summed E-state index contributed by atoms with van der Waals surface area (Å²) >= 11 is 0. The van der Waals surface area contributed by atoms with Crippen molar-refractivity contribution in [1.82, 2.24) is 4.98 Å². The van der Waals surface area contributed by atoms with Crippen molar-refractivity contribution in [3.8, 4) is 5.75 Å². The number of aromatic nitrogens is 1. The fourth-order valence-corrected chi connectivity index (χ4v) is 1.64. The van der Waals surface area contributed by atoms with Crippen LogP contribution in [-0.4, -0.2) is 18.3 Å². The first-order valence-electron chi connectivity index (χ1n) is 5.82. The van der Waals surface area contributed by atoms with Gasteiger partial charge in [-0.25, -0.2) is 0 Å². The molecular formula is C15H16N2O. The predicted molar refractivity (Wildman–Crippen MR) is 73.3 cm³/mol. The zero-order valence-corrected chi connectivity index (χ0v) is 10.6. The molecule has 0 amide bonds. The Balaban J connectivity index is 1.98. The van der Waals surface area contributed by atoms with E-state index in [2.05, 4.69) is 16.0 Å². The maximum Gasteiger partial charge on any atom is 0.118 e. The SMILES string of the molecule is COc1ccc(CN=Cc2cncc(C)c2)cc1. The Kier molecular flexibility index (Phi) is 4.07. The predicted octanol–water partition coefficient (Wildman–Crippen LogP) is 3.02. The molecule has 0 aliphatic heterocycles. The van der Waals surface area contributed by atoms with Gasteiger partial charge in [0.1, 0.15) is 5.75 Å². The van der Waals surface area contributed by atoms with Crippen LogP contribution >= 0.6 is 0 Å². The summed E-state index contributed by atoms with van der Waals surface area (Å²) in [7, 11) is 1.66. The lowest BCUT2D eigenvalue weighted by atomic mass is 10.2. The Morgan fingerprint density at radius 3 is 2.67 bits per heavy atom. The maximum atomic E-state index is 5.11. The van der Waals surface area contributed by atoms with E-state index in [1.807, 2.05) is 49.8 Å². The molecule has 92 valence electrons. The molecule has 0 aliphatic rings. The van der Waals surface area contributed by atoms with Crippen LogP contribution in [0.25, 0.3) is 0 Å². The summed E-state index contributed by atoms with van der Waals surface area (Å²) in [4.78, 5) is 8.53. The lowest BCUT2D eigenvalue weighted by Gasteiger charge is -2.00. The van der Waals surface area contributed by atoms with E-state index in [4.69, 9.17) is 4.74 Å². The molecule has 0 aliphatic carbocycles. The first-order valence-corrected chi connectivity index (χ1v) is 5.82. The highest BCUT2D eigenvalue weighted by atomic mass is 16.5. The van der Waals surface area contributed by atoms with Crippen LogP contribution in [0, 0.1) is 6.92 Å². The van der Waals surface area contributed by atoms with Gasteiger partial charge in [-0.05, 0) is 36.2 Å². The smallest absolute Gasteiger partial charge is 0.118 e. The maximum absolute atomic E-state index is 5.11. The van der Waals surface area contributed by atoms with Crippen molar-refractivity contribution < 1.29 is 4.74 Å². The summed E-state index contributed by atoms with van der Waals surface area (Å²) in [5.41, 5.74) is 3.33. The number of ether oxygens (including phenoxy) is 1. The molecule has 0 atom stereocenters. The number of hydrogen-bond donors (Lipinski definition) is 0. The fraction of sp³-hybridized carbons (Fsp3) is 0.200. The largest absolute Gasteiger partial charge is 0.497 e. The topological polar surface area (TPSA) is 34.5 Å². The molecule has 0 fully saturated rings. The average Bonchev–Trinajstić information content (AvgIpc) is 2.40. The van der Waals surface area contributed by atoms with E-state index in [0.29, 0.717) is 6.54 Å². The van der Waals surface area contributed by atoms with Crippen LogP contribution in [0.1, 0.15) is 16.7 Å². The van der Waals surface area contributed by atoms with Crippen molar-refractivity contribution in [2.45, 2.75) is 13.5 Å². The molecule has 1 aromatic carbocycles. The first-order chi connectivity index (χ1) is 8.78. The molecule has 1 heterocycles. The Bertz CT molecular complexity index is 532. The van der Waals surface area contributed by atoms with Gasteiger partial charge in [-0.1, -0.05) is 12.1 Å². The van der Waals surface area contributed by atoms with Crippen LogP contribution < -0.4 is 4.74 Å². The van der Waals surface area contributed by atoms with Crippen molar-refractivity contribution in [2.75, 3.05) is 7.11 Å². The van der Waals surface area contributed by atoms with E-state index in [9.17, 15) is 0 Å². The van der Waals surface area contributed by atoms with E-state index in [1.54, 1.807) is 7.11 Å². The van der Waals surface area contributed by atoms with Gasteiger partial charge in [-0.3, -0.25) is 9.98 Å². The van der Waals surface area contributed by atoms with Gasteiger partial charge in [0.05, 0.1) is 13.7 Å². The molecule has 2 rings (SSSR count). The molecule has 0 saturated heterocycles. The van der Waals surface area contributed by atoms with Crippen molar-refractivity contribution in [2.24, 2.45) is 4.99 Å². The summed E-state index contributed by atoms with van der Waals surface area (Å²) in [5, 5.41) is 0. The van der Waals surface area contributed by atoms with Crippen molar-refractivity contribution in [1.29, 1.82) is 0 Å². The van der Waals surface area contributed by atoms with Gasteiger partial charge >= 0.3 is 0 Å². The van der Waals surface area contributed by atoms with Gasteiger partial charge in [0.2, 0.25) is 0 Å². The molecule has 0 unspecified atom stereocenters. The standard InChI is InChI=1S/C15H16N2O/c1-12-7-14(10-16-8-12)11-17-9-13-3-5-15(18-2)6-4-13/h3-8,10-11H,9H2,1-2H3. The third kappa shape index (κ3) is 3.42. The molecule has 1 aromatic heterocycles. The monoisotopic (exact) mass is 240 g/mol. The normalized spacial score (nSPS) is 10.8. The molecule has 3 heteroatoms. The van der Waals surface area contributed by atoms with Crippen LogP contribution in [0.4, 0.5) is 0 Å². The minimum atomic E-state index is 0.665. The van der Waals surface area contributed by atoms with E-state index in [1.165, 1.54) is 0 Å². The highest BCUT2D eigenvalue weighted by Gasteiger charge is 1.93. The Hall–Kier alpha value is -2.16. The Labute approximate surface area is 107 Å². The van der Waals surface area contributed by atoms with Gasteiger partial charge in [0, 0.05) is 24.2 Å². The molecule has 2 aromatic rings. The highest BCUT2D eigenvalue weighted by Crippen LogP contribution is 2.11. The zero-order chi connectivity index (χ0) is 12.8. The third-order valence-corrected chi connectivity index (χ3v) is 2.57. The molecular weight excluding hydrogens is 224 g/mol. The van der Waals surface area contributed by atoms with Crippen LogP contribution in [0.2, 0.25) is 0 Å². The van der Waals surface area contributed by atoms with Crippen LogP contribution in [0.3, 0.4) is 0 Å². The molecule has 18 heavy (non-hydrogen) atoms. The average molecular weight is 240 g/mol. The lowest BCUT2D eigenvalue weighted by Crippen LogP contribution is -1.88. The summed E-state index contributed by atoms with van der Waals surface area (Å²) in [6.07, 6.45) is 5.50. The number of benzene rings is 1. The lowest BCUT2D eigenvalue weighted by molar-refractivity contribution is 0.414. The second-order valence-electron chi connectivity index (χ2n) is 4.11. The number of pyridine rings is 1. The number of hydrogen-bond acceptors (Lipinski definition) is 3. The molecule has 3 nitrogen and oxygen atoms in total. The van der Waals surface area contributed by atoms with Gasteiger partial charge in [-0.15, -0.1) is 0 Å². The molecule has 0 spiro atoms. The molecule has 0 saturated carbocycles. The third-order valence-electron chi connectivity index (χ3n) is 2.57. The van der Waals surface area contributed by atoms with E-state index >= 15 is 0 Å². The quantitative estimate of drug-likeness (QED) is 0.770. The second kappa shape index (κ2) is 5.96. The number of nitrogens with zero attached hydrogens (tertiary/aromatic N) is 2. The second-order valence-corrected chi connectivity index (χ2v) is 4.11. The number of rotatable bonds is 4. The summed E-state index contributed by atoms with van der Waals surface area (Å²) in [6.45, 7) is 2.69. The fourth-order valence-electron chi connectivity index (χ4n) is 1.64. The molecule has 0 N–H and O–H groups in total. The number of aryl methyl sites for hydroxylation is 1. The first kappa shape index (κ1) is 12.3. The molecule has 0 bridgehead atoms. The van der Waals surface area contributed by atoms with Crippen LogP contribution in [-0.2, 0) is 6.54 Å². The van der Waals surface area contributed by atoms with Crippen LogP contribution in [0.5, 0.6) is 5.75 Å². The van der Waals surface area contributed by atoms with Gasteiger partial charge in [0.25, 0.3) is 0 Å². The van der Waals surface area contributed by atoms with Gasteiger partial charge in [-0.2, -0.15) is 0 Å². The summed E-state index contributed by atoms with van der Waals surface area (Å²) in [5.74, 6) is 0.866. The summed E-state index contributed by atoms with van der Waals surface area (Å²) in [6, 6.07) is 9.98. The van der Waals surface area contributed by atoms with Gasteiger partial charge in [0.15, 0.2) is 0 Å². The van der Waals surface area contributed by atoms with Crippen molar-refractivity contribution in [3.63, 3.8) is 0 Å². The minimum absolute atomic E-state index is 0.665. The zero-order valence-electron chi connectivity index (χ0n) is 10.6.